The van der Waals surface area contributed by atoms with Crippen LogP contribution in [0.2, 0.25) is 0 Å². The van der Waals surface area contributed by atoms with Gasteiger partial charge in [0, 0.05) is 12.6 Å². The highest BCUT2D eigenvalue weighted by Gasteiger charge is 2.29. The van der Waals surface area contributed by atoms with E-state index in [9.17, 15) is 5.11 Å². The fraction of sp³-hybridized carbons (Fsp3) is 1.00. The quantitative estimate of drug-likeness (QED) is 0.795. The largest absolute Gasteiger partial charge is 0.393 e. The molecule has 2 N–H and O–H groups in total. The maximum atomic E-state index is 9.65. The molecule has 1 saturated heterocycles. The van der Waals surface area contributed by atoms with Gasteiger partial charge in [0.25, 0.3) is 0 Å². The van der Waals surface area contributed by atoms with E-state index < -0.39 is 0 Å². The van der Waals surface area contributed by atoms with E-state index in [-0.39, 0.29) is 11.7 Å². The lowest BCUT2D eigenvalue weighted by molar-refractivity contribution is -0.0635. The predicted molar refractivity (Wildman–Crippen MR) is 69.0 cm³/mol. The molecule has 1 heterocycles. The van der Waals surface area contributed by atoms with Crippen molar-refractivity contribution >= 4 is 0 Å². The normalized spacial score (nSPS) is 37.9. The van der Waals surface area contributed by atoms with Crippen LogP contribution in [0, 0.1) is 5.92 Å². The molecule has 2 fully saturated rings. The van der Waals surface area contributed by atoms with Gasteiger partial charge < -0.3 is 15.2 Å². The highest BCUT2D eigenvalue weighted by molar-refractivity contribution is 4.84. The first-order valence-corrected chi connectivity index (χ1v) is 7.10. The lowest BCUT2D eigenvalue weighted by atomic mass is 9.86. The van der Waals surface area contributed by atoms with Gasteiger partial charge in [-0.1, -0.05) is 6.42 Å². The van der Waals surface area contributed by atoms with Crippen LogP contribution in [0.15, 0.2) is 0 Å². The second-order valence-corrected chi connectivity index (χ2v) is 6.39. The minimum atomic E-state index is -0.0540. The van der Waals surface area contributed by atoms with Crippen molar-refractivity contribution < 1.29 is 9.84 Å². The topological polar surface area (TPSA) is 41.5 Å². The molecule has 1 saturated carbocycles. The molecule has 3 unspecified atom stereocenters. The van der Waals surface area contributed by atoms with E-state index in [1.54, 1.807) is 0 Å². The molecule has 100 valence electrons. The average molecular weight is 241 g/mol. The zero-order valence-electron chi connectivity index (χ0n) is 11.2. The Labute approximate surface area is 105 Å². The average Bonchev–Trinajstić information content (AvgIpc) is 2.25. The Morgan fingerprint density at radius 1 is 1.29 bits per heavy atom. The van der Waals surface area contributed by atoms with Crippen molar-refractivity contribution in [2.45, 2.75) is 70.1 Å². The van der Waals surface area contributed by atoms with E-state index >= 15 is 0 Å². The molecule has 2 aliphatic rings. The molecule has 17 heavy (non-hydrogen) atoms. The molecule has 0 aromatic heterocycles. The first kappa shape index (κ1) is 13.3. The Kier molecular flexibility index (Phi) is 4.45. The van der Waals surface area contributed by atoms with Crippen molar-refractivity contribution in [2.75, 3.05) is 13.2 Å². The van der Waals surface area contributed by atoms with Crippen molar-refractivity contribution in [1.82, 2.24) is 5.32 Å². The summed E-state index contributed by atoms with van der Waals surface area (Å²) >= 11 is 0. The summed E-state index contributed by atoms with van der Waals surface area (Å²) in [5.41, 5.74) is 0.0298. The van der Waals surface area contributed by atoms with Crippen LogP contribution in [0.4, 0.5) is 0 Å². The number of rotatable bonds is 3. The van der Waals surface area contributed by atoms with E-state index in [0.717, 1.165) is 38.8 Å². The summed E-state index contributed by atoms with van der Waals surface area (Å²) in [6.07, 6.45) is 6.62. The van der Waals surface area contributed by atoms with E-state index in [1.807, 2.05) is 0 Å². The first-order valence-electron chi connectivity index (χ1n) is 7.10. The number of hydrogen-bond acceptors (Lipinski definition) is 3. The summed E-state index contributed by atoms with van der Waals surface area (Å²) < 4.78 is 5.72. The van der Waals surface area contributed by atoms with Crippen molar-refractivity contribution in [3.63, 3.8) is 0 Å². The molecule has 0 amide bonds. The summed E-state index contributed by atoms with van der Waals surface area (Å²) in [5, 5.41) is 13.3. The molecule has 2 rings (SSSR count). The van der Waals surface area contributed by atoms with Gasteiger partial charge in [0.15, 0.2) is 0 Å². The minimum absolute atomic E-state index is 0.0298. The molecule has 3 nitrogen and oxygen atoms in total. The van der Waals surface area contributed by atoms with Gasteiger partial charge in [-0.2, -0.15) is 0 Å². The molecule has 1 aliphatic carbocycles. The van der Waals surface area contributed by atoms with E-state index in [2.05, 4.69) is 19.2 Å². The van der Waals surface area contributed by atoms with E-state index in [0.29, 0.717) is 12.0 Å². The van der Waals surface area contributed by atoms with Gasteiger partial charge in [-0.15, -0.1) is 0 Å². The van der Waals surface area contributed by atoms with Crippen molar-refractivity contribution in [2.24, 2.45) is 5.92 Å². The third-order valence-electron chi connectivity index (χ3n) is 4.15. The molecule has 1 aliphatic heterocycles. The summed E-state index contributed by atoms with van der Waals surface area (Å²) in [4.78, 5) is 0. The van der Waals surface area contributed by atoms with Crippen LogP contribution in [-0.4, -0.2) is 36.0 Å². The summed E-state index contributed by atoms with van der Waals surface area (Å²) in [6, 6.07) is 0.595. The molecule has 3 atom stereocenters. The maximum Gasteiger partial charge on any atom is 0.0641 e. The summed E-state index contributed by atoms with van der Waals surface area (Å²) in [6.45, 7) is 6.28. The third kappa shape index (κ3) is 4.23. The lowest BCUT2D eigenvalue weighted by Gasteiger charge is -2.37. The molecule has 0 aromatic carbocycles. The Balaban J connectivity index is 1.70. The third-order valence-corrected chi connectivity index (χ3v) is 4.15. The number of ether oxygens (including phenoxy) is 1. The Morgan fingerprint density at radius 3 is 2.82 bits per heavy atom. The van der Waals surface area contributed by atoms with Crippen molar-refractivity contribution in [1.29, 1.82) is 0 Å². The number of hydrogen-bond donors (Lipinski definition) is 2. The fourth-order valence-electron chi connectivity index (χ4n) is 3.19. The van der Waals surface area contributed by atoms with Gasteiger partial charge >= 0.3 is 0 Å². The van der Waals surface area contributed by atoms with Gasteiger partial charge in [-0.05, 0) is 58.4 Å². The Morgan fingerprint density at radius 2 is 2.12 bits per heavy atom. The van der Waals surface area contributed by atoms with E-state index in [4.69, 9.17) is 4.74 Å². The Bertz CT molecular complexity index is 242. The first-order chi connectivity index (χ1) is 8.05. The van der Waals surface area contributed by atoms with Crippen LogP contribution in [0.25, 0.3) is 0 Å². The standard InChI is InChI=1S/C14H27NO2/c1-14(2)9-12(6-7-17-14)15-10-11-4-3-5-13(16)8-11/h11-13,15-16H,3-10H2,1-2H3. The van der Waals surface area contributed by atoms with Gasteiger partial charge in [0.1, 0.15) is 0 Å². The van der Waals surface area contributed by atoms with Gasteiger partial charge in [0.2, 0.25) is 0 Å². The monoisotopic (exact) mass is 241 g/mol. The van der Waals surface area contributed by atoms with Crippen molar-refractivity contribution in [3.8, 4) is 0 Å². The zero-order valence-corrected chi connectivity index (χ0v) is 11.2. The van der Waals surface area contributed by atoms with E-state index in [1.165, 1.54) is 12.8 Å². The predicted octanol–water partition coefficient (Wildman–Crippen LogP) is 2.08. The van der Waals surface area contributed by atoms with Crippen LogP contribution >= 0.6 is 0 Å². The number of aliphatic hydroxyl groups is 1. The van der Waals surface area contributed by atoms with Crippen LogP contribution in [0.3, 0.4) is 0 Å². The molecule has 3 heteroatoms. The molecular weight excluding hydrogens is 214 g/mol. The molecule has 0 spiro atoms. The second kappa shape index (κ2) is 5.68. The molecule has 0 aromatic rings. The Hall–Kier alpha value is -0.120. The van der Waals surface area contributed by atoms with Gasteiger partial charge in [-0.25, -0.2) is 0 Å². The zero-order chi connectivity index (χ0) is 12.3. The van der Waals surface area contributed by atoms with Gasteiger partial charge in [0.05, 0.1) is 11.7 Å². The summed E-state index contributed by atoms with van der Waals surface area (Å²) in [7, 11) is 0. The fourth-order valence-corrected chi connectivity index (χ4v) is 3.19. The summed E-state index contributed by atoms with van der Waals surface area (Å²) in [5.74, 6) is 0.671. The van der Waals surface area contributed by atoms with Crippen LogP contribution < -0.4 is 5.32 Å². The molecule has 0 radical (unpaired) electrons. The lowest BCUT2D eigenvalue weighted by Crippen LogP contribution is -2.45. The minimum Gasteiger partial charge on any atom is -0.393 e. The van der Waals surface area contributed by atoms with Crippen LogP contribution in [0.5, 0.6) is 0 Å². The highest BCUT2D eigenvalue weighted by Crippen LogP contribution is 2.26. The SMILES string of the molecule is CC1(C)CC(NCC2CCCC(O)C2)CCO1. The molecule has 0 bridgehead atoms. The molecular formula is C14H27NO2. The number of nitrogens with one attached hydrogen (secondary N) is 1. The van der Waals surface area contributed by atoms with Crippen LogP contribution in [0.1, 0.15) is 52.4 Å². The van der Waals surface area contributed by atoms with Crippen molar-refractivity contribution in [3.05, 3.63) is 0 Å². The van der Waals surface area contributed by atoms with Crippen LogP contribution in [-0.2, 0) is 4.74 Å². The second-order valence-electron chi connectivity index (χ2n) is 6.39. The maximum absolute atomic E-state index is 9.65. The highest BCUT2D eigenvalue weighted by atomic mass is 16.5. The van der Waals surface area contributed by atoms with Gasteiger partial charge in [-0.3, -0.25) is 0 Å². The number of aliphatic hydroxyl groups excluding tert-OH is 1. The smallest absolute Gasteiger partial charge is 0.0641 e.